The molecule has 1 N–H and O–H groups in total. The van der Waals surface area contributed by atoms with Gasteiger partial charge in [-0.3, -0.25) is 9.59 Å². The summed E-state index contributed by atoms with van der Waals surface area (Å²) in [5, 5.41) is 8.69. The predicted octanol–water partition coefficient (Wildman–Crippen LogP) is 14.5. The molecule has 0 spiro atoms. The minimum atomic E-state index is -0.667. The van der Waals surface area contributed by atoms with E-state index < -0.39 is 5.97 Å². The average molecular weight is 651 g/mol. The van der Waals surface area contributed by atoms with E-state index in [9.17, 15) is 9.59 Å². The zero-order valence-electron chi connectivity index (χ0n) is 31.4. The molecule has 0 aliphatic heterocycles. The summed E-state index contributed by atoms with van der Waals surface area (Å²) >= 11 is 0. The second-order valence-corrected chi connectivity index (χ2v) is 14.5. The molecule has 0 aliphatic carbocycles. The van der Waals surface area contributed by atoms with Crippen molar-refractivity contribution in [1.82, 2.24) is 0 Å². The van der Waals surface area contributed by atoms with Crippen LogP contribution in [0, 0.1) is 0 Å². The fourth-order valence-corrected chi connectivity index (χ4v) is 6.72. The molecule has 274 valence electrons. The zero-order valence-corrected chi connectivity index (χ0v) is 31.4. The first kappa shape index (κ1) is 44.9. The Bertz CT molecular complexity index is 619. The lowest BCUT2D eigenvalue weighted by atomic mass is 10.0. The van der Waals surface area contributed by atoms with E-state index in [1.54, 1.807) is 0 Å². The number of hydrogen-bond acceptors (Lipinski definition) is 3. The molecule has 1 unspecified atom stereocenters. The van der Waals surface area contributed by atoms with Crippen LogP contribution in [0.25, 0.3) is 0 Å². The van der Waals surface area contributed by atoms with Crippen LogP contribution in [0.4, 0.5) is 0 Å². The Hall–Kier alpha value is -1.06. The normalized spacial score (nSPS) is 12.0. The van der Waals surface area contributed by atoms with Gasteiger partial charge >= 0.3 is 11.9 Å². The number of carbonyl (C=O) groups excluding carboxylic acids is 1. The van der Waals surface area contributed by atoms with Crippen LogP contribution in [0.15, 0.2) is 0 Å². The topological polar surface area (TPSA) is 63.6 Å². The van der Waals surface area contributed by atoms with Crippen molar-refractivity contribution < 1.29 is 19.4 Å². The molecule has 0 saturated heterocycles. The number of ether oxygens (including phenoxy) is 1. The van der Waals surface area contributed by atoms with Crippen LogP contribution in [-0.2, 0) is 14.3 Å². The van der Waals surface area contributed by atoms with Crippen molar-refractivity contribution in [3.63, 3.8) is 0 Å². The fourth-order valence-electron chi connectivity index (χ4n) is 6.72. The molecule has 0 aromatic heterocycles. The molecular weight excluding hydrogens is 568 g/mol. The lowest BCUT2D eigenvalue weighted by Gasteiger charge is -2.18. The van der Waals surface area contributed by atoms with E-state index in [-0.39, 0.29) is 12.1 Å². The minimum absolute atomic E-state index is 0.0448. The van der Waals surface area contributed by atoms with Crippen molar-refractivity contribution in [2.75, 3.05) is 0 Å². The third-order valence-electron chi connectivity index (χ3n) is 9.83. The van der Waals surface area contributed by atoms with Gasteiger partial charge in [-0.2, -0.15) is 0 Å². The highest BCUT2D eigenvalue weighted by Crippen LogP contribution is 2.19. The number of hydrogen-bond donors (Lipinski definition) is 1. The summed E-state index contributed by atoms with van der Waals surface area (Å²) in [4.78, 5) is 23.2. The molecule has 0 amide bonds. The van der Waals surface area contributed by atoms with Crippen molar-refractivity contribution in [3.8, 4) is 0 Å². The highest BCUT2D eigenvalue weighted by atomic mass is 16.5. The average Bonchev–Trinajstić information content (AvgIpc) is 3.04. The van der Waals surface area contributed by atoms with Crippen molar-refractivity contribution >= 4 is 11.9 Å². The highest BCUT2D eigenvalue weighted by molar-refractivity contribution is 5.69. The maximum absolute atomic E-state index is 12.6. The first-order valence-corrected chi connectivity index (χ1v) is 21.0. The molecule has 0 saturated carbocycles. The van der Waals surface area contributed by atoms with Crippen LogP contribution < -0.4 is 0 Å². The van der Waals surface area contributed by atoms with Gasteiger partial charge in [-0.05, 0) is 38.5 Å². The summed E-state index contributed by atoms with van der Waals surface area (Å²) in [5.74, 6) is -0.622. The first-order chi connectivity index (χ1) is 22.6. The number of carboxylic acid groups (broad SMARTS) is 1. The van der Waals surface area contributed by atoms with Gasteiger partial charge in [0, 0.05) is 12.8 Å². The third-order valence-corrected chi connectivity index (χ3v) is 9.83. The number of carbonyl (C=O) groups is 2. The van der Waals surface area contributed by atoms with Crippen molar-refractivity contribution in [2.45, 2.75) is 258 Å². The molecular formula is C42H82O4. The van der Waals surface area contributed by atoms with E-state index >= 15 is 0 Å². The number of unbranched alkanes of at least 4 members (excludes halogenated alkanes) is 30. The molecule has 0 bridgehead atoms. The van der Waals surface area contributed by atoms with Crippen molar-refractivity contribution in [3.05, 3.63) is 0 Å². The molecule has 0 fully saturated rings. The SMILES string of the molecule is CCCCCCCCCCCCCCCCCCCC(=O)OC(CCCCCC)CCCCCCCCCCCCCCC(=O)O. The van der Waals surface area contributed by atoms with Gasteiger partial charge in [0.05, 0.1) is 0 Å². The predicted molar refractivity (Wildman–Crippen MR) is 200 cm³/mol. The highest BCUT2D eigenvalue weighted by Gasteiger charge is 2.14. The second kappa shape index (κ2) is 38.4. The van der Waals surface area contributed by atoms with Gasteiger partial charge in [0.1, 0.15) is 6.10 Å². The van der Waals surface area contributed by atoms with E-state index in [2.05, 4.69) is 13.8 Å². The molecule has 0 aliphatic rings. The third kappa shape index (κ3) is 37.4. The summed E-state index contributed by atoms with van der Waals surface area (Å²) in [5.41, 5.74) is 0. The summed E-state index contributed by atoms with van der Waals surface area (Å²) in [6, 6.07) is 0. The van der Waals surface area contributed by atoms with Gasteiger partial charge in [0.2, 0.25) is 0 Å². The molecule has 1 atom stereocenters. The molecule has 0 rings (SSSR count). The summed E-state index contributed by atoms with van der Waals surface area (Å²) in [6.07, 6.45) is 45.9. The molecule has 0 radical (unpaired) electrons. The Balaban J connectivity index is 3.72. The summed E-state index contributed by atoms with van der Waals surface area (Å²) in [7, 11) is 0. The first-order valence-electron chi connectivity index (χ1n) is 21.0. The zero-order chi connectivity index (χ0) is 33.6. The molecule has 0 heterocycles. The fraction of sp³-hybridized carbons (Fsp3) is 0.952. The Labute approximate surface area is 288 Å². The van der Waals surface area contributed by atoms with Gasteiger partial charge in [-0.25, -0.2) is 0 Å². The van der Waals surface area contributed by atoms with Crippen molar-refractivity contribution in [2.24, 2.45) is 0 Å². The number of rotatable bonds is 39. The Kier molecular flexibility index (Phi) is 37.5. The van der Waals surface area contributed by atoms with E-state index in [0.29, 0.717) is 12.8 Å². The van der Waals surface area contributed by atoms with Crippen LogP contribution in [0.5, 0.6) is 0 Å². The maximum atomic E-state index is 12.6. The molecule has 46 heavy (non-hydrogen) atoms. The van der Waals surface area contributed by atoms with Crippen LogP contribution >= 0.6 is 0 Å². The van der Waals surface area contributed by atoms with Gasteiger partial charge in [0.15, 0.2) is 0 Å². The maximum Gasteiger partial charge on any atom is 0.306 e. The quantitative estimate of drug-likeness (QED) is 0.0531. The lowest BCUT2D eigenvalue weighted by molar-refractivity contribution is -0.150. The number of carboxylic acids is 1. The molecule has 4 nitrogen and oxygen atoms in total. The Morgan fingerprint density at radius 3 is 0.978 bits per heavy atom. The molecule has 0 aromatic carbocycles. The summed E-state index contributed by atoms with van der Waals surface area (Å²) in [6.45, 7) is 4.54. The van der Waals surface area contributed by atoms with E-state index in [0.717, 1.165) is 32.1 Å². The van der Waals surface area contributed by atoms with Gasteiger partial charge in [-0.1, -0.05) is 200 Å². The molecule has 0 aromatic rings. The smallest absolute Gasteiger partial charge is 0.306 e. The monoisotopic (exact) mass is 651 g/mol. The van der Waals surface area contributed by atoms with Crippen LogP contribution in [0.3, 0.4) is 0 Å². The minimum Gasteiger partial charge on any atom is -0.481 e. The number of esters is 1. The second-order valence-electron chi connectivity index (χ2n) is 14.5. The summed E-state index contributed by atoms with van der Waals surface area (Å²) < 4.78 is 6.01. The largest absolute Gasteiger partial charge is 0.481 e. The van der Waals surface area contributed by atoms with E-state index in [1.165, 1.54) is 193 Å². The van der Waals surface area contributed by atoms with Gasteiger partial charge in [0.25, 0.3) is 0 Å². The Morgan fingerprint density at radius 2 is 0.652 bits per heavy atom. The number of aliphatic carboxylic acids is 1. The van der Waals surface area contributed by atoms with Gasteiger partial charge in [-0.15, -0.1) is 0 Å². The molecule has 4 heteroatoms. The van der Waals surface area contributed by atoms with Crippen LogP contribution in [-0.4, -0.2) is 23.1 Å². The lowest BCUT2D eigenvalue weighted by Crippen LogP contribution is -2.18. The van der Waals surface area contributed by atoms with E-state index in [1.807, 2.05) is 0 Å². The van der Waals surface area contributed by atoms with E-state index in [4.69, 9.17) is 9.84 Å². The van der Waals surface area contributed by atoms with Crippen LogP contribution in [0.1, 0.15) is 251 Å². The van der Waals surface area contributed by atoms with Crippen LogP contribution in [0.2, 0.25) is 0 Å². The standard InChI is InChI=1S/C42H82O4/c1-3-5-7-9-10-11-12-13-14-15-16-17-22-25-28-31-35-39-42(45)46-40(36-32-8-6-4-2)37-33-29-26-23-20-18-19-21-24-27-30-34-38-41(43)44/h40H,3-39H2,1-2H3,(H,43,44). The van der Waals surface area contributed by atoms with Gasteiger partial charge < -0.3 is 9.84 Å². The Morgan fingerprint density at radius 1 is 0.391 bits per heavy atom. The van der Waals surface area contributed by atoms with Crippen molar-refractivity contribution in [1.29, 1.82) is 0 Å².